The number of carbonyl (C=O) groups is 1. The first kappa shape index (κ1) is 21.6. The molecule has 2 aromatic rings. The van der Waals surface area contributed by atoms with Crippen LogP contribution in [0.5, 0.6) is 0 Å². The van der Waals surface area contributed by atoms with Gasteiger partial charge >= 0.3 is 0 Å². The van der Waals surface area contributed by atoms with Crippen molar-refractivity contribution in [2.45, 2.75) is 12.8 Å². The SMILES string of the molecule is O=C(Nc1cc([N+](=O)[O-])ccc1F)C1CCN(S(=O)(=O)/C=C/c2ccccc2)CC1. The van der Waals surface area contributed by atoms with E-state index >= 15 is 0 Å². The third kappa shape index (κ3) is 5.28. The van der Waals surface area contributed by atoms with E-state index in [0.717, 1.165) is 29.2 Å². The third-order valence-corrected chi connectivity index (χ3v) is 6.40. The molecule has 0 radical (unpaired) electrons. The van der Waals surface area contributed by atoms with Crippen molar-refractivity contribution in [2.75, 3.05) is 18.4 Å². The molecule has 2 aromatic carbocycles. The first-order valence-electron chi connectivity index (χ1n) is 9.24. The molecule has 0 saturated carbocycles. The van der Waals surface area contributed by atoms with Gasteiger partial charge in [-0.3, -0.25) is 14.9 Å². The summed E-state index contributed by atoms with van der Waals surface area (Å²) in [6.07, 6.45) is 2.04. The monoisotopic (exact) mass is 433 g/mol. The first-order chi connectivity index (χ1) is 14.3. The number of anilines is 1. The van der Waals surface area contributed by atoms with Gasteiger partial charge in [0.1, 0.15) is 5.82 Å². The van der Waals surface area contributed by atoms with Crippen LogP contribution in [0.1, 0.15) is 18.4 Å². The summed E-state index contributed by atoms with van der Waals surface area (Å²) in [5.41, 5.74) is 0.155. The van der Waals surface area contributed by atoms with E-state index < -0.39 is 32.6 Å². The summed E-state index contributed by atoms with van der Waals surface area (Å²) in [5, 5.41) is 14.3. The Balaban J connectivity index is 1.60. The number of nitrogens with zero attached hydrogens (tertiary/aromatic N) is 2. The largest absolute Gasteiger partial charge is 0.323 e. The third-order valence-electron chi connectivity index (χ3n) is 4.84. The zero-order chi connectivity index (χ0) is 21.7. The van der Waals surface area contributed by atoms with Crippen LogP contribution in [-0.4, -0.2) is 36.6 Å². The van der Waals surface area contributed by atoms with Gasteiger partial charge in [-0.05, 0) is 30.5 Å². The molecule has 0 bridgehead atoms. The molecular weight excluding hydrogens is 413 g/mol. The lowest BCUT2D eigenvalue weighted by Crippen LogP contribution is -2.40. The highest BCUT2D eigenvalue weighted by molar-refractivity contribution is 7.92. The van der Waals surface area contributed by atoms with E-state index in [-0.39, 0.29) is 37.3 Å². The molecule has 0 aliphatic carbocycles. The molecule has 0 spiro atoms. The van der Waals surface area contributed by atoms with E-state index in [1.807, 2.05) is 6.07 Å². The summed E-state index contributed by atoms with van der Waals surface area (Å²) < 4.78 is 40.2. The summed E-state index contributed by atoms with van der Waals surface area (Å²) in [4.78, 5) is 22.6. The molecule has 0 aromatic heterocycles. The van der Waals surface area contributed by atoms with Crippen molar-refractivity contribution in [3.05, 3.63) is 75.4 Å². The molecule has 1 aliphatic heterocycles. The first-order valence-corrected chi connectivity index (χ1v) is 10.7. The Hall–Kier alpha value is -3.11. The van der Waals surface area contributed by atoms with Crippen LogP contribution < -0.4 is 5.32 Å². The van der Waals surface area contributed by atoms with Crippen molar-refractivity contribution >= 4 is 33.4 Å². The standard InChI is InChI=1S/C20H20FN3O5S/c21-18-7-6-17(24(26)27)14-19(18)22-20(25)16-8-11-23(12-9-16)30(28,29)13-10-15-4-2-1-3-5-15/h1-7,10,13-14,16H,8-9,11-12H2,(H,22,25)/b13-10+. The molecule has 1 heterocycles. The van der Waals surface area contributed by atoms with Crippen molar-refractivity contribution < 1.29 is 22.5 Å². The molecule has 10 heteroatoms. The van der Waals surface area contributed by atoms with Gasteiger partial charge in [0, 0.05) is 36.5 Å². The molecule has 1 aliphatic rings. The van der Waals surface area contributed by atoms with Gasteiger partial charge in [0.05, 0.1) is 10.6 Å². The lowest BCUT2D eigenvalue weighted by atomic mass is 9.97. The van der Waals surface area contributed by atoms with Gasteiger partial charge in [0.15, 0.2) is 0 Å². The summed E-state index contributed by atoms with van der Waals surface area (Å²) in [5.74, 6) is -1.79. The van der Waals surface area contributed by atoms with Crippen LogP contribution in [0.4, 0.5) is 15.8 Å². The Morgan fingerprint density at radius 1 is 1.17 bits per heavy atom. The maximum absolute atomic E-state index is 13.9. The smallest absolute Gasteiger partial charge is 0.271 e. The molecule has 3 rings (SSSR count). The van der Waals surface area contributed by atoms with Crippen molar-refractivity contribution in [1.29, 1.82) is 0 Å². The Kier molecular flexibility index (Phi) is 6.58. The minimum atomic E-state index is -3.63. The number of non-ortho nitro benzene ring substituents is 1. The molecular formula is C20H20FN3O5S. The highest BCUT2D eigenvalue weighted by Gasteiger charge is 2.30. The summed E-state index contributed by atoms with van der Waals surface area (Å²) >= 11 is 0. The van der Waals surface area contributed by atoms with E-state index in [2.05, 4.69) is 5.32 Å². The number of hydrogen-bond donors (Lipinski definition) is 1. The highest BCUT2D eigenvalue weighted by Crippen LogP contribution is 2.25. The van der Waals surface area contributed by atoms with Crippen LogP contribution >= 0.6 is 0 Å². The lowest BCUT2D eigenvalue weighted by molar-refractivity contribution is -0.384. The molecule has 8 nitrogen and oxygen atoms in total. The number of nitro groups is 1. The molecule has 1 fully saturated rings. The van der Waals surface area contributed by atoms with Crippen molar-refractivity contribution in [2.24, 2.45) is 5.92 Å². The van der Waals surface area contributed by atoms with E-state index in [1.54, 1.807) is 24.3 Å². The number of amides is 1. The molecule has 30 heavy (non-hydrogen) atoms. The second kappa shape index (κ2) is 9.14. The van der Waals surface area contributed by atoms with Crippen LogP contribution in [0.3, 0.4) is 0 Å². The number of nitro benzene ring substituents is 1. The molecule has 0 unspecified atom stereocenters. The number of halogens is 1. The lowest BCUT2D eigenvalue weighted by Gasteiger charge is -2.29. The van der Waals surface area contributed by atoms with E-state index in [0.29, 0.717) is 0 Å². The molecule has 0 atom stereocenters. The Morgan fingerprint density at radius 2 is 1.83 bits per heavy atom. The van der Waals surface area contributed by atoms with Crippen LogP contribution in [0.2, 0.25) is 0 Å². The predicted octanol–water partition coefficient (Wildman–Crippen LogP) is 3.39. The number of carbonyl (C=O) groups excluding carboxylic acids is 1. The molecule has 158 valence electrons. The average molecular weight is 433 g/mol. The Labute approximate surface area is 173 Å². The van der Waals surface area contributed by atoms with Gasteiger partial charge in [0.25, 0.3) is 5.69 Å². The normalized spacial score (nSPS) is 15.9. The fourth-order valence-corrected chi connectivity index (χ4v) is 4.37. The number of benzene rings is 2. The minimum Gasteiger partial charge on any atom is -0.323 e. The van der Waals surface area contributed by atoms with Crippen LogP contribution in [0.15, 0.2) is 53.9 Å². The second-order valence-corrected chi connectivity index (χ2v) is 8.66. The average Bonchev–Trinajstić information content (AvgIpc) is 2.74. The quantitative estimate of drug-likeness (QED) is 0.555. The van der Waals surface area contributed by atoms with E-state index in [1.165, 1.54) is 10.4 Å². The zero-order valence-electron chi connectivity index (χ0n) is 15.9. The minimum absolute atomic E-state index is 0.150. The Morgan fingerprint density at radius 3 is 2.47 bits per heavy atom. The molecule has 1 amide bonds. The topological polar surface area (TPSA) is 110 Å². The maximum atomic E-state index is 13.9. The van der Waals surface area contributed by atoms with Crippen LogP contribution in [-0.2, 0) is 14.8 Å². The number of piperidine rings is 1. The van der Waals surface area contributed by atoms with Crippen molar-refractivity contribution in [3.63, 3.8) is 0 Å². The fraction of sp³-hybridized carbons (Fsp3) is 0.250. The number of nitrogens with one attached hydrogen (secondary N) is 1. The molecule has 1 N–H and O–H groups in total. The predicted molar refractivity (Wildman–Crippen MR) is 110 cm³/mol. The Bertz CT molecular complexity index is 1070. The number of sulfonamides is 1. The van der Waals surface area contributed by atoms with E-state index in [9.17, 15) is 27.7 Å². The van der Waals surface area contributed by atoms with E-state index in [4.69, 9.17) is 0 Å². The fourth-order valence-electron chi connectivity index (χ4n) is 3.14. The zero-order valence-corrected chi connectivity index (χ0v) is 16.7. The van der Waals surface area contributed by atoms with Crippen molar-refractivity contribution in [3.8, 4) is 0 Å². The second-order valence-electron chi connectivity index (χ2n) is 6.84. The summed E-state index contributed by atoms with van der Waals surface area (Å²) in [7, 11) is -3.63. The summed E-state index contributed by atoms with van der Waals surface area (Å²) in [6, 6.07) is 11.9. The van der Waals surface area contributed by atoms with Gasteiger partial charge in [-0.25, -0.2) is 12.8 Å². The van der Waals surface area contributed by atoms with Gasteiger partial charge < -0.3 is 5.32 Å². The van der Waals surface area contributed by atoms with Crippen LogP contribution in [0.25, 0.3) is 6.08 Å². The summed E-state index contributed by atoms with van der Waals surface area (Å²) in [6.45, 7) is 0.300. The molecule has 1 saturated heterocycles. The van der Waals surface area contributed by atoms with Gasteiger partial charge in [0.2, 0.25) is 15.9 Å². The van der Waals surface area contributed by atoms with Crippen molar-refractivity contribution in [1.82, 2.24) is 4.31 Å². The highest BCUT2D eigenvalue weighted by atomic mass is 32.2. The van der Waals surface area contributed by atoms with Gasteiger partial charge in [-0.15, -0.1) is 0 Å². The maximum Gasteiger partial charge on any atom is 0.271 e. The van der Waals surface area contributed by atoms with Gasteiger partial charge in [-0.1, -0.05) is 30.3 Å². The number of hydrogen-bond acceptors (Lipinski definition) is 5. The van der Waals surface area contributed by atoms with Crippen LogP contribution in [0, 0.1) is 21.8 Å². The van der Waals surface area contributed by atoms with Gasteiger partial charge in [-0.2, -0.15) is 4.31 Å². The number of rotatable bonds is 6.